The van der Waals surface area contributed by atoms with Crippen LogP contribution < -0.4 is 0 Å². The van der Waals surface area contributed by atoms with Crippen LogP contribution in [0.1, 0.15) is 47.0 Å². The van der Waals surface area contributed by atoms with Crippen molar-refractivity contribution in [1.29, 1.82) is 0 Å². The average molecular weight is 226 g/mol. The molecule has 0 aromatic heterocycles. The highest BCUT2D eigenvalue weighted by Crippen LogP contribution is 2.51. The van der Waals surface area contributed by atoms with Gasteiger partial charge in [-0.25, -0.2) is 0 Å². The van der Waals surface area contributed by atoms with Crippen molar-refractivity contribution in [2.24, 2.45) is 10.8 Å². The van der Waals surface area contributed by atoms with Gasteiger partial charge < -0.3 is 9.84 Å². The third-order valence-electron chi connectivity index (χ3n) is 4.50. The van der Waals surface area contributed by atoms with Gasteiger partial charge in [0.1, 0.15) is 5.78 Å². The Labute approximate surface area is 97.2 Å². The zero-order chi connectivity index (χ0) is 12.1. The molecule has 0 radical (unpaired) electrons. The van der Waals surface area contributed by atoms with E-state index in [-0.39, 0.29) is 17.6 Å². The fourth-order valence-electron chi connectivity index (χ4n) is 3.36. The molecular formula is C13H22O3. The Morgan fingerprint density at radius 3 is 2.62 bits per heavy atom. The summed E-state index contributed by atoms with van der Waals surface area (Å²) in [6, 6.07) is 0. The first-order valence-electron chi connectivity index (χ1n) is 6.14. The number of rotatable bonds is 0. The molecule has 3 nitrogen and oxygen atoms in total. The van der Waals surface area contributed by atoms with Crippen LogP contribution in [0.4, 0.5) is 0 Å². The molecular weight excluding hydrogens is 204 g/mol. The minimum Gasteiger partial charge on any atom is -0.390 e. The molecule has 0 aromatic rings. The lowest BCUT2D eigenvalue weighted by atomic mass is 9.58. The van der Waals surface area contributed by atoms with Gasteiger partial charge in [-0.1, -0.05) is 20.8 Å². The highest BCUT2D eigenvalue weighted by Gasteiger charge is 2.55. The summed E-state index contributed by atoms with van der Waals surface area (Å²) in [5.74, 6) is 0.290. The van der Waals surface area contributed by atoms with Crippen LogP contribution in [0.3, 0.4) is 0 Å². The van der Waals surface area contributed by atoms with E-state index in [1.54, 1.807) is 0 Å². The summed E-state index contributed by atoms with van der Waals surface area (Å²) in [7, 11) is 0. The molecule has 2 aliphatic rings. The Balaban J connectivity index is 2.32. The van der Waals surface area contributed by atoms with Crippen LogP contribution in [-0.2, 0) is 9.53 Å². The molecule has 1 aliphatic heterocycles. The van der Waals surface area contributed by atoms with E-state index in [0.717, 1.165) is 12.8 Å². The first-order chi connectivity index (χ1) is 7.27. The zero-order valence-electron chi connectivity index (χ0n) is 10.6. The van der Waals surface area contributed by atoms with Crippen molar-refractivity contribution in [2.45, 2.75) is 65.3 Å². The van der Waals surface area contributed by atoms with Gasteiger partial charge >= 0.3 is 0 Å². The molecule has 1 aliphatic carbocycles. The van der Waals surface area contributed by atoms with Crippen LogP contribution in [0.15, 0.2) is 0 Å². The predicted octanol–water partition coefficient (Wildman–Crippen LogP) is 1.92. The lowest BCUT2D eigenvalue weighted by Crippen LogP contribution is -2.59. The number of fused-ring (bicyclic) bond motifs is 1. The van der Waals surface area contributed by atoms with Crippen LogP contribution in [-0.4, -0.2) is 29.2 Å². The first kappa shape index (κ1) is 12.1. The number of ether oxygens (including phenoxy) is 1. The van der Waals surface area contributed by atoms with E-state index in [9.17, 15) is 9.90 Å². The van der Waals surface area contributed by atoms with Gasteiger partial charge in [0.05, 0.1) is 23.7 Å². The van der Waals surface area contributed by atoms with Gasteiger partial charge in [0.2, 0.25) is 0 Å². The van der Waals surface area contributed by atoms with E-state index in [2.05, 4.69) is 6.92 Å². The lowest BCUT2D eigenvalue weighted by Gasteiger charge is -2.54. The number of ketones is 1. The maximum absolute atomic E-state index is 12.0. The largest absolute Gasteiger partial charge is 0.390 e. The Kier molecular flexibility index (Phi) is 2.67. The van der Waals surface area contributed by atoms with Gasteiger partial charge in [0, 0.05) is 6.42 Å². The Hall–Kier alpha value is -0.410. The fraction of sp³-hybridized carbons (Fsp3) is 0.923. The van der Waals surface area contributed by atoms with Crippen molar-refractivity contribution >= 4 is 5.78 Å². The maximum Gasteiger partial charge on any atom is 0.141 e. The SMILES string of the molecule is C[C@H]1O[C@H]2C(C)(C)C(=O)CC[C@]2(C)C[C@@H]1O. The summed E-state index contributed by atoms with van der Waals surface area (Å²) in [4.78, 5) is 12.0. The average Bonchev–Trinajstić information content (AvgIpc) is 2.18. The van der Waals surface area contributed by atoms with Gasteiger partial charge in [0.15, 0.2) is 0 Å². The smallest absolute Gasteiger partial charge is 0.141 e. The minimum atomic E-state index is -0.415. The van der Waals surface area contributed by atoms with E-state index in [4.69, 9.17) is 4.74 Å². The molecule has 16 heavy (non-hydrogen) atoms. The van der Waals surface area contributed by atoms with Gasteiger partial charge in [-0.2, -0.15) is 0 Å². The Bertz CT molecular complexity index is 310. The van der Waals surface area contributed by atoms with Crippen LogP contribution in [0, 0.1) is 10.8 Å². The Morgan fingerprint density at radius 1 is 1.38 bits per heavy atom. The zero-order valence-corrected chi connectivity index (χ0v) is 10.6. The van der Waals surface area contributed by atoms with Crippen LogP contribution in [0.2, 0.25) is 0 Å². The van der Waals surface area contributed by atoms with E-state index >= 15 is 0 Å². The molecule has 0 aromatic carbocycles. The third-order valence-corrected chi connectivity index (χ3v) is 4.50. The minimum absolute atomic E-state index is 0.0522. The summed E-state index contributed by atoms with van der Waals surface area (Å²) < 4.78 is 5.92. The summed E-state index contributed by atoms with van der Waals surface area (Å²) in [5, 5.41) is 9.91. The quantitative estimate of drug-likeness (QED) is 0.686. The summed E-state index contributed by atoms with van der Waals surface area (Å²) in [6.45, 7) is 7.98. The third kappa shape index (κ3) is 1.61. The van der Waals surface area contributed by atoms with Gasteiger partial charge in [-0.3, -0.25) is 4.79 Å². The van der Waals surface area contributed by atoms with Crippen molar-refractivity contribution in [3.63, 3.8) is 0 Å². The van der Waals surface area contributed by atoms with Crippen LogP contribution in [0.5, 0.6) is 0 Å². The predicted molar refractivity (Wildman–Crippen MR) is 61.1 cm³/mol. The standard InChI is InChI=1S/C13H22O3/c1-8-9(14)7-13(4)6-5-10(15)12(2,3)11(13)16-8/h8-9,11,14H,5-7H2,1-4H3/t8-,9+,11+,13-/m1/s1. The first-order valence-corrected chi connectivity index (χ1v) is 6.14. The molecule has 0 bridgehead atoms. The molecule has 4 atom stereocenters. The molecule has 1 saturated carbocycles. The second-order valence-corrected chi connectivity index (χ2v) is 6.29. The lowest BCUT2D eigenvalue weighted by molar-refractivity contribution is -0.218. The summed E-state index contributed by atoms with van der Waals surface area (Å²) >= 11 is 0. The van der Waals surface area contributed by atoms with E-state index in [1.807, 2.05) is 20.8 Å². The molecule has 0 spiro atoms. The normalized spacial score (nSPS) is 47.6. The van der Waals surface area contributed by atoms with Crippen molar-refractivity contribution < 1.29 is 14.6 Å². The number of carbonyl (C=O) groups excluding carboxylic acids is 1. The molecule has 0 unspecified atom stereocenters. The molecule has 1 heterocycles. The van der Waals surface area contributed by atoms with Crippen molar-refractivity contribution in [3.8, 4) is 0 Å². The number of hydrogen-bond donors (Lipinski definition) is 1. The van der Waals surface area contributed by atoms with Gasteiger partial charge in [-0.15, -0.1) is 0 Å². The number of Topliss-reactive ketones (excluding diaryl/α,β-unsaturated/α-hetero) is 1. The number of carbonyl (C=O) groups is 1. The summed E-state index contributed by atoms with van der Waals surface area (Å²) in [6.07, 6.45) is 1.58. The van der Waals surface area contributed by atoms with E-state index in [1.165, 1.54) is 0 Å². The van der Waals surface area contributed by atoms with E-state index < -0.39 is 11.5 Å². The maximum atomic E-state index is 12.0. The number of hydrogen-bond acceptors (Lipinski definition) is 3. The monoisotopic (exact) mass is 226 g/mol. The van der Waals surface area contributed by atoms with Crippen LogP contribution >= 0.6 is 0 Å². The highest BCUT2D eigenvalue weighted by atomic mass is 16.5. The summed E-state index contributed by atoms with van der Waals surface area (Å²) in [5.41, 5.74) is -0.468. The topological polar surface area (TPSA) is 46.5 Å². The van der Waals surface area contributed by atoms with Crippen molar-refractivity contribution in [2.75, 3.05) is 0 Å². The molecule has 92 valence electrons. The van der Waals surface area contributed by atoms with Crippen molar-refractivity contribution in [3.05, 3.63) is 0 Å². The highest BCUT2D eigenvalue weighted by molar-refractivity contribution is 5.85. The van der Waals surface area contributed by atoms with Crippen molar-refractivity contribution in [1.82, 2.24) is 0 Å². The fourth-order valence-corrected chi connectivity index (χ4v) is 3.36. The number of aliphatic hydroxyl groups is 1. The molecule has 1 N–H and O–H groups in total. The number of aliphatic hydroxyl groups excluding tert-OH is 1. The van der Waals surface area contributed by atoms with E-state index in [0.29, 0.717) is 12.2 Å². The Morgan fingerprint density at radius 2 is 2.00 bits per heavy atom. The molecule has 0 amide bonds. The second-order valence-electron chi connectivity index (χ2n) is 6.29. The second kappa shape index (κ2) is 3.54. The molecule has 2 rings (SSSR count). The molecule has 1 saturated heterocycles. The molecule has 3 heteroatoms. The van der Waals surface area contributed by atoms with Gasteiger partial charge in [-0.05, 0) is 25.2 Å². The molecule has 2 fully saturated rings. The van der Waals surface area contributed by atoms with Gasteiger partial charge in [0.25, 0.3) is 0 Å². The van der Waals surface area contributed by atoms with Crippen LogP contribution in [0.25, 0.3) is 0 Å².